The first-order chi connectivity index (χ1) is 8.41. The maximum Gasteiger partial charge on any atom is 0.300 e. The van der Waals surface area contributed by atoms with Gasteiger partial charge in [0.15, 0.2) is 0 Å². The number of rotatable bonds is 8. The number of aliphatic carboxylic acids is 1. The van der Waals surface area contributed by atoms with Crippen molar-refractivity contribution in [2.75, 3.05) is 0 Å². The number of aliphatic hydroxyl groups is 1. The molecule has 1 atom stereocenters. The molecule has 0 rings (SSSR count). The lowest BCUT2D eigenvalue weighted by atomic mass is 10.1. The fraction of sp³-hybridized carbons (Fsp3) is 0.800. The second-order valence-electron chi connectivity index (χ2n) is 4.88. The molecule has 0 aromatic rings. The van der Waals surface area contributed by atoms with Crippen molar-refractivity contribution in [3.8, 4) is 0 Å². The molecule has 0 heterocycles. The fourth-order valence-electron chi connectivity index (χ4n) is 1.32. The molecule has 0 spiro atoms. The van der Waals surface area contributed by atoms with Crippen LogP contribution in [0.1, 0.15) is 66.2 Å². The van der Waals surface area contributed by atoms with Crippen LogP contribution in [0.5, 0.6) is 0 Å². The number of hydrogen-bond donors (Lipinski definition) is 2. The summed E-state index contributed by atoms with van der Waals surface area (Å²) in [5.74, 6) is -0.494. The molecule has 0 aliphatic heterocycles. The summed E-state index contributed by atoms with van der Waals surface area (Å²) >= 11 is 0. The van der Waals surface area contributed by atoms with Gasteiger partial charge in [0, 0.05) is 6.92 Å². The van der Waals surface area contributed by atoms with Gasteiger partial charge in [0.1, 0.15) is 0 Å². The number of carboxylic acid groups (broad SMARTS) is 1. The van der Waals surface area contributed by atoms with Crippen LogP contribution in [-0.2, 0) is 4.79 Å². The lowest BCUT2D eigenvalue weighted by molar-refractivity contribution is -0.134. The van der Waals surface area contributed by atoms with Crippen LogP contribution in [0.4, 0.5) is 0 Å². The van der Waals surface area contributed by atoms with Crippen LogP contribution < -0.4 is 0 Å². The Morgan fingerprint density at radius 2 is 1.67 bits per heavy atom. The molecule has 0 aliphatic carbocycles. The first kappa shape index (κ1) is 19.5. The van der Waals surface area contributed by atoms with Gasteiger partial charge < -0.3 is 10.2 Å². The van der Waals surface area contributed by atoms with E-state index in [9.17, 15) is 5.11 Å². The van der Waals surface area contributed by atoms with E-state index >= 15 is 0 Å². The largest absolute Gasteiger partial charge is 0.481 e. The Hall–Kier alpha value is -0.830. The molecule has 108 valence electrons. The van der Waals surface area contributed by atoms with Gasteiger partial charge in [0.05, 0.1) is 6.10 Å². The summed E-state index contributed by atoms with van der Waals surface area (Å²) < 4.78 is 0. The molecule has 2 N–H and O–H groups in total. The highest BCUT2D eigenvalue weighted by molar-refractivity contribution is 5.62. The van der Waals surface area contributed by atoms with Crippen molar-refractivity contribution in [1.82, 2.24) is 0 Å². The number of carbonyl (C=O) groups is 1. The molecule has 0 amide bonds. The molecule has 0 aromatic heterocycles. The number of aliphatic hydroxyl groups excluding tert-OH is 1. The summed E-state index contributed by atoms with van der Waals surface area (Å²) in [4.78, 5) is 9.00. The van der Waals surface area contributed by atoms with E-state index in [0.717, 1.165) is 13.3 Å². The van der Waals surface area contributed by atoms with Gasteiger partial charge in [-0.2, -0.15) is 0 Å². The van der Waals surface area contributed by atoms with Crippen molar-refractivity contribution in [1.29, 1.82) is 0 Å². The maximum absolute atomic E-state index is 9.48. The van der Waals surface area contributed by atoms with E-state index < -0.39 is 5.97 Å². The molecule has 0 aromatic carbocycles. The second kappa shape index (κ2) is 14.2. The summed E-state index contributed by atoms with van der Waals surface area (Å²) in [7, 11) is 0. The zero-order valence-corrected chi connectivity index (χ0v) is 12.4. The molecule has 1 unspecified atom stereocenters. The molecule has 0 aliphatic rings. The first-order valence-corrected chi connectivity index (χ1v) is 6.96. The Morgan fingerprint density at radius 1 is 1.17 bits per heavy atom. The van der Waals surface area contributed by atoms with Gasteiger partial charge in [-0.1, -0.05) is 58.6 Å². The molecule has 3 heteroatoms. The van der Waals surface area contributed by atoms with Crippen LogP contribution in [0.15, 0.2) is 12.2 Å². The highest BCUT2D eigenvalue weighted by Crippen LogP contribution is 2.07. The standard InChI is InChI=1S/C13H26O.C2H4O2/c1-4-5-6-7-8-9-10-11-13(14)12(2)3;1-2(3)4/h10-14H,4-9H2,1-3H3;1H3,(H,3,4). The molecule has 0 saturated carbocycles. The number of allylic oxidation sites excluding steroid dienone is 1. The van der Waals surface area contributed by atoms with E-state index in [-0.39, 0.29) is 6.10 Å². The second-order valence-corrected chi connectivity index (χ2v) is 4.88. The van der Waals surface area contributed by atoms with Crippen LogP contribution in [0.25, 0.3) is 0 Å². The SMILES string of the molecule is CC(=O)O.CCCCCCCC=CC(O)C(C)C. The van der Waals surface area contributed by atoms with Crippen molar-refractivity contribution in [3.05, 3.63) is 12.2 Å². The van der Waals surface area contributed by atoms with Crippen LogP contribution in [0.2, 0.25) is 0 Å². The normalized spacial score (nSPS) is 12.3. The predicted molar refractivity (Wildman–Crippen MR) is 76.7 cm³/mol. The van der Waals surface area contributed by atoms with E-state index in [1.54, 1.807) is 0 Å². The molecular formula is C15H30O3. The average molecular weight is 258 g/mol. The number of unbranched alkanes of at least 4 members (excludes halogenated alkanes) is 5. The van der Waals surface area contributed by atoms with Gasteiger partial charge in [-0.05, 0) is 18.8 Å². The smallest absolute Gasteiger partial charge is 0.300 e. The molecular weight excluding hydrogens is 228 g/mol. The van der Waals surface area contributed by atoms with Crippen LogP contribution in [-0.4, -0.2) is 22.3 Å². The fourth-order valence-corrected chi connectivity index (χ4v) is 1.32. The summed E-state index contributed by atoms with van der Waals surface area (Å²) in [6.45, 7) is 7.39. The van der Waals surface area contributed by atoms with Gasteiger partial charge >= 0.3 is 0 Å². The Morgan fingerprint density at radius 3 is 2.11 bits per heavy atom. The molecule has 0 radical (unpaired) electrons. The van der Waals surface area contributed by atoms with Crippen molar-refractivity contribution >= 4 is 5.97 Å². The van der Waals surface area contributed by atoms with Gasteiger partial charge in [-0.15, -0.1) is 0 Å². The van der Waals surface area contributed by atoms with Crippen molar-refractivity contribution in [3.63, 3.8) is 0 Å². The van der Waals surface area contributed by atoms with E-state index in [0.29, 0.717) is 5.92 Å². The lowest BCUT2D eigenvalue weighted by Gasteiger charge is -2.08. The highest BCUT2D eigenvalue weighted by atomic mass is 16.4. The zero-order chi connectivity index (χ0) is 14.4. The number of carboxylic acids is 1. The molecule has 0 fully saturated rings. The van der Waals surface area contributed by atoms with Crippen LogP contribution >= 0.6 is 0 Å². The zero-order valence-electron chi connectivity index (χ0n) is 12.4. The van der Waals surface area contributed by atoms with Crippen molar-refractivity contribution in [2.24, 2.45) is 5.92 Å². The van der Waals surface area contributed by atoms with E-state index in [2.05, 4.69) is 13.0 Å². The molecule has 3 nitrogen and oxygen atoms in total. The third-order valence-electron chi connectivity index (χ3n) is 2.49. The maximum atomic E-state index is 9.48. The van der Waals surface area contributed by atoms with Crippen molar-refractivity contribution in [2.45, 2.75) is 72.3 Å². The van der Waals surface area contributed by atoms with Gasteiger partial charge in [-0.25, -0.2) is 0 Å². The Bertz CT molecular complexity index is 206. The summed E-state index contributed by atoms with van der Waals surface area (Å²) in [5, 5.41) is 16.9. The Balaban J connectivity index is 0. The summed E-state index contributed by atoms with van der Waals surface area (Å²) in [6.07, 6.45) is 11.5. The topological polar surface area (TPSA) is 57.5 Å². The van der Waals surface area contributed by atoms with E-state index in [1.807, 2.05) is 19.9 Å². The number of hydrogen-bond acceptors (Lipinski definition) is 2. The van der Waals surface area contributed by atoms with Crippen LogP contribution in [0, 0.1) is 5.92 Å². The molecule has 18 heavy (non-hydrogen) atoms. The quantitative estimate of drug-likeness (QED) is 0.511. The first-order valence-electron chi connectivity index (χ1n) is 6.96. The third-order valence-corrected chi connectivity index (χ3v) is 2.49. The Labute approximate surface area is 112 Å². The van der Waals surface area contributed by atoms with E-state index in [1.165, 1.54) is 32.1 Å². The minimum absolute atomic E-state index is 0.259. The van der Waals surface area contributed by atoms with Gasteiger partial charge in [0.2, 0.25) is 0 Å². The highest BCUT2D eigenvalue weighted by Gasteiger charge is 2.02. The van der Waals surface area contributed by atoms with Crippen molar-refractivity contribution < 1.29 is 15.0 Å². The monoisotopic (exact) mass is 258 g/mol. The molecule has 0 saturated heterocycles. The van der Waals surface area contributed by atoms with Gasteiger partial charge in [-0.3, -0.25) is 4.79 Å². The van der Waals surface area contributed by atoms with Gasteiger partial charge in [0.25, 0.3) is 5.97 Å². The minimum Gasteiger partial charge on any atom is -0.481 e. The van der Waals surface area contributed by atoms with Crippen LogP contribution in [0.3, 0.4) is 0 Å². The van der Waals surface area contributed by atoms with E-state index in [4.69, 9.17) is 9.90 Å². The lowest BCUT2D eigenvalue weighted by Crippen LogP contribution is -2.10. The predicted octanol–water partition coefficient (Wildman–Crippen LogP) is 4.01. The third kappa shape index (κ3) is 20.6. The minimum atomic E-state index is -0.833. The molecule has 0 bridgehead atoms. The Kier molecular flexibility index (Phi) is 15.4. The average Bonchev–Trinajstić information content (AvgIpc) is 2.26. The summed E-state index contributed by atoms with van der Waals surface area (Å²) in [6, 6.07) is 0. The summed E-state index contributed by atoms with van der Waals surface area (Å²) in [5.41, 5.74) is 0.